The first-order chi connectivity index (χ1) is 22.0. The van der Waals surface area contributed by atoms with E-state index in [0.717, 1.165) is 54.3 Å². The molecule has 10 heteroatoms. The minimum Gasteiger partial charge on any atom is -0.455 e. The van der Waals surface area contributed by atoms with Gasteiger partial charge in [0.25, 0.3) is 5.56 Å². The van der Waals surface area contributed by atoms with Gasteiger partial charge in [-0.15, -0.1) is 0 Å². The highest BCUT2D eigenvalue weighted by molar-refractivity contribution is 7.90. The van der Waals surface area contributed by atoms with Gasteiger partial charge in [0.2, 0.25) is 5.91 Å². The van der Waals surface area contributed by atoms with Gasteiger partial charge in [0.1, 0.15) is 17.4 Å². The van der Waals surface area contributed by atoms with Crippen LogP contribution in [-0.2, 0) is 40.3 Å². The number of ether oxygens (including phenoxy) is 1. The van der Waals surface area contributed by atoms with Crippen LogP contribution in [0.25, 0.3) is 5.82 Å². The van der Waals surface area contributed by atoms with Crippen LogP contribution in [0.1, 0.15) is 87.2 Å². The molecule has 0 saturated carbocycles. The monoisotopic (exact) mass is 644 g/mol. The van der Waals surface area contributed by atoms with Gasteiger partial charge in [0.05, 0.1) is 16.3 Å². The Morgan fingerprint density at radius 2 is 1.65 bits per heavy atom. The molecule has 2 aromatic carbocycles. The Hall–Kier alpha value is -4.31. The number of rotatable bonds is 14. The summed E-state index contributed by atoms with van der Waals surface area (Å²) in [5.41, 5.74) is 4.59. The lowest BCUT2D eigenvalue weighted by Gasteiger charge is -2.20. The van der Waals surface area contributed by atoms with E-state index in [-0.39, 0.29) is 22.1 Å². The third-order valence-corrected chi connectivity index (χ3v) is 8.81. The van der Waals surface area contributed by atoms with Crippen LogP contribution in [-0.4, -0.2) is 35.1 Å². The number of carbonyl (C=O) groups is 1. The topological polar surface area (TPSA) is 120 Å². The van der Waals surface area contributed by atoms with Crippen molar-refractivity contribution < 1.29 is 17.9 Å². The number of sulfone groups is 1. The minimum absolute atomic E-state index is 0.0953. The van der Waals surface area contributed by atoms with E-state index in [1.165, 1.54) is 19.1 Å². The van der Waals surface area contributed by atoms with Crippen molar-refractivity contribution in [2.24, 2.45) is 0 Å². The number of hydrogen-bond acceptors (Lipinski definition) is 7. The van der Waals surface area contributed by atoms with Crippen LogP contribution >= 0.6 is 0 Å². The molecular formula is C36H44N4O5S. The van der Waals surface area contributed by atoms with E-state index >= 15 is 0 Å². The molecule has 4 aromatic rings. The first-order valence-corrected chi connectivity index (χ1v) is 17.8. The lowest BCUT2D eigenvalue weighted by Crippen LogP contribution is -2.29. The van der Waals surface area contributed by atoms with Crippen LogP contribution in [0, 0.1) is 6.92 Å². The van der Waals surface area contributed by atoms with E-state index in [4.69, 9.17) is 9.72 Å². The Kier molecular flexibility index (Phi) is 11.5. The number of pyridine rings is 1. The first kappa shape index (κ1) is 34.6. The number of aromatic nitrogens is 3. The highest BCUT2D eigenvalue weighted by Gasteiger charge is 2.21. The second kappa shape index (κ2) is 15.3. The van der Waals surface area contributed by atoms with E-state index in [1.54, 1.807) is 16.8 Å². The van der Waals surface area contributed by atoms with Gasteiger partial charge in [-0.05, 0) is 73.6 Å². The molecule has 0 aliphatic carbocycles. The zero-order valence-corrected chi connectivity index (χ0v) is 28.5. The number of benzene rings is 2. The van der Waals surface area contributed by atoms with E-state index in [2.05, 4.69) is 43.2 Å². The molecule has 0 saturated heterocycles. The number of nitrogens with zero attached hydrogens (tertiary/aromatic N) is 3. The van der Waals surface area contributed by atoms with Gasteiger partial charge < -0.3 is 10.1 Å². The molecule has 4 rings (SSSR count). The Morgan fingerprint density at radius 1 is 0.957 bits per heavy atom. The highest BCUT2D eigenvalue weighted by Crippen LogP contribution is 2.38. The predicted molar refractivity (Wildman–Crippen MR) is 182 cm³/mol. The Balaban J connectivity index is 1.87. The summed E-state index contributed by atoms with van der Waals surface area (Å²) in [6.45, 7) is 9.53. The summed E-state index contributed by atoms with van der Waals surface area (Å²) >= 11 is 0. The fourth-order valence-corrected chi connectivity index (χ4v) is 6.23. The number of amides is 1. The molecule has 0 fully saturated rings. The number of anilines is 1. The summed E-state index contributed by atoms with van der Waals surface area (Å²) in [5.74, 6) is 1.74. The number of unbranched alkanes of at least 4 members (excludes halogenated alkanes) is 1. The van der Waals surface area contributed by atoms with Gasteiger partial charge >= 0.3 is 0 Å². The van der Waals surface area contributed by atoms with Gasteiger partial charge in [0, 0.05) is 37.4 Å². The van der Waals surface area contributed by atoms with Gasteiger partial charge in [-0.25, -0.2) is 23.0 Å². The van der Waals surface area contributed by atoms with Crippen LogP contribution in [0.5, 0.6) is 11.5 Å². The third kappa shape index (κ3) is 8.28. The minimum atomic E-state index is -3.52. The van der Waals surface area contributed by atoms with Crippen molar-refractivity contribution in [3.05, 3.63) is 98.9 Å². The molecule has 9 nitrogen and oxygen atoms in total. The number of carbonyl (C=O) groups excluding carboxylic acids is 1. The summed E-state index contributed by atoms with van der Waals surface area (Å²) in [5, 5.41) is 2.76. The number of aryl methyl sites for hydroxylation is 4. The molecule has 0 spiro atoms. The van der Waals surface area contributed by atoms with E-state index in [9.17, 15) is 18.0 Å². The quantitative estimate of drug-likeness (QED) is 0.158. The van der Waals surface area contributed by atoms with Crippen molar-refractivity contribution >= 4 is 21.4 Å². The highest BCUT2D eigenvalue weighted by atomic mass is 32.2. The summed E-state index contributed by atoms with van der Waals surface area (Å²) < 4.78 is 32.9. The van der Waals surface area contributed by atoms with E-state index < -0.39 is 9.84 Å². The van der Waals surface area contributed by atoms with Gasteiger partial charge in [0.15, 0.2) is 15.6 Å². The van der Waals surface area contributed by atoms with Crippen molar-refractivity contribution in [2.75, 3.05) is 11.6 Å². The normalized spacial score (nSPS) is 11.4. The van der Waals surface area contributed by atoms with Crippen LogP contribution < -0.4 is 15.6 Å². The molecule has 0 aliphatic heterocycles. The van der Waals surface area contributed by atoms with Gasteiger partial charge in [-0.1, -0.05) is 58.2 Å². The van der Waals surface area contributed by atoms with Crippen molar-refractivity contribution in [1.29, 1.82) is 0 Å². The standard InChI is InChI=1S/C36H44N4O5S/c1-7-10-15-31-30(36(42)40(24(4)38-31)34-16-11-12-19-37-34)22-26-20-27(13-8-2)35(28(21-26)14-9-3)45-33-23-29(46(6,43)44)17-18-32(33)39-25(5)41/h11-12,16-21,23H,7-10,13-15,22H2,1-6H3,(H,39,41). The third-order valence-electron chi connectivity index (χ3n) is 7.70. The van der Waals surface area contributed by atoms with Crippen molar-refractivity contribution in [2.45, 2.75) is 90.9 Å². The van der Waals surface area contributed by atoms with Crippen LogP contribution in [0.4, 0.5) is 5.69 Å². The Morgan fingerprint density at radius 3 is 2.22 bits per heavy atom. The molecule has 1 amide bonds. The first-order valence-electron chi connectivity index (χ1n) is 15.9. The zero-order chi connectivity index (χ0) is 33.4. The van der Waals surface area contributed by atoms with Gasteiger partial charge in [-0.2, -0.15) is 0 Å². The molecule has 2 aromatic heterocycles. The molecule has 46 heavy (non-hydrogen) atoms. The Labute approximate surface area is 272 Å². The van der Waals surface area contributed by atoms with Crippen LogP contribution in [0.15, 0.2) is 64.4 Å². The second-order valence-corrected chi connectivity index (χ2v) is 13.7. The number of hydrogen-bond donors (Lipinski definition) is 1. The molecule has 2 heterocycles. The van der Waals surface area contributed by atoms with Gasteiger partial charge in [-0.3, -0.25) is 9.59 Å². The second-order valence-electron chi connectivity index (χ2n) is 11.6. The maximum absolute atomic E-state index is 14.1. The summed E-state index contributed by atoms with van der Waals surface area (Å²) in [7, 11) is -3.52. The molecule has 1 N–H and O–H groups in total. The van der Waals surface area contributed by atoms with E-state index in [1.807, 2.05) is 25.1 Å². The molecule has 0 aliphatic rings. The molecule has 0 radical (unpaired) electrons. The largest absolute Gasteiger partial charge is 0.455 e. The van der Waals surface area contributed by atoms with Crippen LogP contribution in [0.2, 0.25) is 0 Å². The fourth-order valence-electron chi connectivity index (χ4n) is 5.60. The lowest BCUT2D eigenvalue weighted by atomic mass is 9.94. The van der Waals surface area contributed by atoms with Crippen molar-refractivity contribution in [3.63, 3.8) is 0 Å². The zero-order valence-electron chi connectivity index (χ0n) is 27.6. The Bertz CT molecular complexity index is 1840. The molecule has 0 unspecified atom stereocenters. The molecule has 244 valence electrons. The lowest BCUT2D eigenvalue weighted by molar-refractivity contribution is -0.114. The summed E-state index contributed by atoms with van der Waals surface area (Å²) in [4.78, 5) is 35.5. The SMILES string of the molecule is CCCCc1nc(C)n(-c2ccccn2)c(=O)c1Cc1cc(CCC)c(Oc2cc(S(C)(=O)=O)ccc2NC(C)=O)c(CCC)c1. The molecular weight excluding hydrogens is 600 g/mol. The average Bonchev–Trinajstić information content (AvgIpc) is 3.00. The maximum atomic E-state index is 14.1. The summed E-state index contributed by atoms with van der Waals surface area (Å²) in [6, 6.07) is 14.1. The fraction of sp³-hybridized carbons (Fsp3) is 0.389. The number of nitrogens with one attached hydrogen (secondary N) is 1. The van der Waals surface area contributed by atoms with Crippen molar-refractivity contribution in [1.82, 2.24) is 14.5 Å². The molecule has 0 atom stereocenters. The van der Waals surface area contributed by atoms with E-state index in [0.29, 0.717) is 54.3 Å². The van der Waals surface area contributed by atoms with Crippen molar-refractivity contribution in [3.8, 4) is 17.3 Å². The smallest absolute Gasteiger partial charge is 0.263 e. The van der Waals surface area contributed by atoms with Crippen LogP contribution in [0.3, 0.4) is 0 Å². The molecule has 0 bridgehead atoms. The average molecular weight is 645 g/mol. The maximum Gasteiger partial charge on any atom is 0.263 e. The predicted octanol–water partition coefficient (Wildman–Crippen LogP) is 6.93. The summed E-state index contributed by atoms with van der Waals surface area (Å²) in [6.07, 6.45) is 8.90.